The van der Waals surface area contributed by atoms with Crippen LogP contribution in [0.1, 0.15) is 25.6 Å². The Labute approximate surface area is 111 Å². The second-order valence-electron chi connectivity index (χ2n) is 4.66. The molecule has 1 unspecified atom stereocenters. The number of aryl methyl sites for hydroxylation is 1. The zero-order chi connectivity index (χ0) is 13.1. The third-order valence-electron chi connectivity index (χ3n) is 3.13. The lowest BCUT2D eigenvalue weighted by Gasteiger charge is -2.07. The minimum Gasteiger partial charge on any atom is -0.342 e. The van der Waals surface area contributed by atoms with Crippen molar-refractivity contribution in [3.63, 3.8) is 0 Å². The first-order valence-electron chi connectivity index (χ1n) is 6.14. The molecule has 98 valence electrons. The molecule has 0 aliphatic heterocycles. The van der Waals surface area contributed by atoms with Crippen molar-refractivity contribution in [3.8, 4) is 0 Å². The minimum atomic E-state index is -0.452. The molecule has 0 aliphatic carbocycles. The van der Waals surface area contributed by atoms with E-state index in [1.54, 1.807) is 6.07 Å². The molecular weight excluding hydrogens is 253 g/mol. The van der Waals surface area contributed by atoms with Gasteiger partial charge in [0, 0.05) is 6.42 Å². The van der Waals surface area contributed by atoms with Gasteiger partial charge in [0.1, 0.15) is 11.3 Å². The molecule has 0 amide bonds. The molecule has 0 saturated heterocycles. The standard InChI is InChI=1S/C13H17ClFN3/c1-8(6-7-16)2-5-11-17-10-4-3-9(14)12(15)13(10)18-11/h3-4,8H,2,5-7,16H2,1H3,(H,17,18). The highest BCUT2D eigenvalue weighted by Crippen LogP contribution is 2.23. The van der Waals surface area contributed by atoms with E-state index in [1.165, 1.54) is 6.07 Å². The highest BCUT2D eigenvalue weighted by atomic mass is 35.5. The second-order valence-corrected chi connectivity index (χ2v) is 5.07. The van der Waals surface area contributed by atoms with Crippen molar-refractivity contribution in [1.29, 1.82) is 0 Å². The van der Waals surface area contributed by atoms with Crippen LogP contribution in [0.2, 0.25) is 5.02 Å². The summed E-state index contributed by atoms with van der Waals surface area (Å²) in [6.45, 7) is 2.86. The summed E-state index contributed by atoms with van der Waals surface area (Å²) in [4.78, 5) is 7.38. The first-order chi connectivity index (χ1) is 8.61. The van der Waals surface area contributed by atoms with Crippen molar-refractivity contribution in [2.75, 3.05) is 6.54 Å². The fraction of sp³-hybridized carbons (Fsp3) is 0.462. The van der Waals surface area contributed by atoms with Gasteiger partial charge in [-0.25, -0.2) is 9.37 Å². The smallest absolute Gasteiger partial charge is 0.169 e. The molecule has 1 atom stereocenters. The summed E-state index contributed by atoms with van der Waals surface area (Å²) in [7, 11) is 0. The van der Waals surface area contributed by atoms with Crippen molar-refractivity contribution in [1.82, 2.24) is 9.97 Å². The molecule has 0 radical (unpaired) electrons. The van der Waals surface area contributed by atoms with Gasteiger partial charge in [0.2, 0.25) is 0 Å². The van der Waals surface area contributed by atoms with E-state index < -0.39 is 5.82 Å². The number of nitrogens with two attached hydrogens (primary N) is 1. The van der Waals surface area contributed by atoms with E-state index in [0.29, 0.717) is 23.5 Å². The van der Waals surface area contributed by atoms with Crippen LogP contribution >= 0.6 is 11.6 Å². The van der Waals surface area contributed by atoms with E-state index >= 15 is 0 Å². The van der Waals surface area contributed by atoms with Crippen LogP contribution in [0.3, 0.4) is 0 Å². The Morgan fingerprint density at radius 3 is 2.94 bits per heavy atom. The SMILES string of the molecule is CC(CCN)CCc1nc2c(F)c(Cl)ccc2[nH]1. The van der Waals surface area contributed by atoms with E-state index in [9.17, 15) is 4.39 Å². The van der Waals surface area contributed by atoms with Crippen LogP contribution in [-0.2, 0) is 6.42 Å². The molecule has 5 heteroatoms. The topological polar surface area (TPSA) is 54.7 Å². The zero-order valence-corrected chi connectivity index (χ0v) is 11.1. The number of hydrogen-bond donors (Lipinski definition) is 2. The summed E-state index contributed by atoms with van der Waals surface area (Å²) in [5.74, 6) is 0.901. The number of benzene rings is 1. The van der Waals surface area contributed by atoms with Gasteiger partial charge in [-0.15, -0.1) is 0 Å². The molecule has 0 saturated carbocycles. The Bertz CT molecular complexity index is 538. The van der Waals surface area contributed by atoms with E-state index in [2.05, 4.69) is 16.9 Å². The highest BCUT2D eigenvalue weighted by Gasteiger charge is 2.11. The lowest BCUT2D eigenvalue weighted by atomic mass is 10.0. The Kier molecular flexibility index (Phi) is 4.19. The molecule has 0 aliphatic rings. The van der Waals surface area contributed by atoms with Gasteiger partial charge in [0.15, 0.2) is 5.82 Å². The summed E-state index contributed by atoms with van der Waals surface area (Å²) < 4.78 is 13.7. The molecule has 1 aromatic carbocycles. The lowest BCUT2D eigenvalue weighted by molar-refractivity contribution is 0.494. The maximum Gasteiger partial charge on any atom is 0.169 e. The third-order valence-corrected chi connectivity index (χ3v) is 3.42. The monoisotopic (exact) mass is 269 g/mol. The Hall–Kier alpha value is -1.13. The van der Waals surface area contributed by atoms with Gasteiger partial charge in [-0.2, -0.15) is 0 Å². The lowest BCUT2D eigenvalue weighted by Crippen LogP contribution is -2.06. The number of H-pyrrole nitrogens is 1. The predicted molar refractivity (Wildman–Crippen MR) is 72.2 cm³/mol. The molecule has 0 fully saturated rings. The summed E-state index contributed by atoms with van der Waals surface area (Å²) in [5, 5.41) is 0.108. The van der Waals surface area contributed by atoms with Crippen molar-refractivity contribution in [3.05, 3.63) is 28.8 Å². The molecule has 18 heavy (non-hydrogen) atoms. The second kappa shape index (κ2) is 5.67. The highest BCUT2D eigenvalue weighted by molar-refractivity contribution is 6.31. The number of hydrogen-bond acceptors (Lipinski definition) is 2. The van der Waals surface area contributed by atoms with Crippen LogP contribution in [0, 0.1) is 11.7 Å². The van der Waals surface area contributed by atoms with Gasteiger partial charge in [0.05, 0.1) is 10.5 Å². The molecule has 3 N–H and O–H groups in total. The van der Waals surface area contributed by atoms with E-state index in [0.717, 1.165) is 25.1 Å². The van der Waals surface area contributed by atoms with Gasteiger partial charge >= 0.3 is 0 Å². The van der Waals surface area contributed by atoms with Gasteiger partial charge in [0.25, 0.3) is 0 Å². The van der Waals surface area contributed by atoms with E-state index in [-0.39, 0.29) is 5.02 Å². The Morgan fingerprint density at radius 2 is 2.22 bits per heavy atom. The first kappa shape index (κ1) is 13.3. The predicted octanol–water partition coefficient (Wildman–Crippen LogP) is 3.27. The number of aromatic nitrogens is 2. The summed E-state index contributed by atoms with van der Waals surface area (Å²) >= 11 is 5.72. The van der Waals surface area contributed by atoms with Gasteiger partial charge in [-0.3, -0.25) is 0 Å². The summed E-state index contributed by atoms with van der Waals surface area (Å²) in [5.41, 5.74) is 6.52. The number of imidazole rings is 1. The van der Waals surface area contributed by atoms with Crippen molar-refractivity contribution >= 4 is 22.6 Å². The molecule has 1 aromatic heterocycles. The fourth-order valence-electron chi connectivity index (χ4n) is 2.00. The van der Waals surface area contributed by atoms with E-state index in [1.807, 2.05) is 0 Å². The molecular formula is C13H17ClFN3. The van der Waals surface area contributed by atoms with Crippen molar-refractivity contribution in [2.24, 2.45) is 11.7 Å². The van der Waals surface area contributed by atoms with E-state index in [4.69, 9.17) is 17.3 Å². The van der Waals surface area contributed by atoms with Crippen molar-refractivity contribution < 1.29 is 4.39 Å². The molecule has 3 nitrogen and oxygen atoms in total. The molecule has 1 heterocycles. The van der Waals surface area contributed by atoms with Gasteiger partial charge in [-0.05, 0) is 37.4 Å². The maximum absolute atomic E-state index is 13.7. The Balaban J connectivity index is 2.13. The van der Waals surface area contributed by atoms with Crippen LogP contribution in [0.25, 0.3) is 11.0 Å². The van der Waals surface area contributed by atoms with Crippen LogP contribution < -0.4 is 5.73 Å². The van der Waals surface area contributed by atoms with Crippen LogP contribution in [0.5, 0.6) is 0 Å². The first-order valence-corrected chi connectivity index (χ1v) is 6.52. The molecule has 2 rings (SSSR count). The Morgan fingerprint density at radius 1 is 1.44 bits per heavy atom. The number of aromatic amines is 1. The number of fused-ring (bicyclic) bond motifs is 1. The number of rotatable bonds is 5. The van der Waals surface area contributed by atoms with Crippen molar-refractivity contribution in [2.45, 2.75) is 26.2 Å². The minimum absolute atomic E-state index is 0.108. The van der Waals surface area contributed by atoms with Crippen LogP contribution in [0.15, 0.2) is 12.1 Å². The number of nitrogens with one attached hydrogen (secondary N) is 1. The summed E-state index contributed by atoms with van der Waals surface area (Å²) in [6.07, 6.45) is 2.79. The number of nitrogens with zero attached hydrogens (tertiary/aromatic N) is 1. The largest absolute Gasteiger partial charge is 0.342 e. The van der Waals surface area contributed by atoms with Gasteiger partial charge in [-0.1, -0.05) is 18.5 Å². The normalized spacial score (nSPS) is 13.1. The van der Waals surface area contributed by atoms with Crippen LogP contribution in [-0.4, -0.2) is 16.5 Å². The third kappa shape index (κ3) is 2.82. The molecule has 0 bridgehead atoms. The van der Waals surface area contributed by atoms with Crippen LogP contribution in [0.4, 0.5) is 4.39 Å². The molecule has 2 aromatic rings. The number of halogens is 2. The molecule has 0 spiro atoms. The average molecular weight is 270 g/mol. The van der Waals surface area contributed by atoms with Gasteiger partial charge < -0.3 is 10.7 Å². The quantitative estimate of drug-likeness (QED) is 0.875. The average Bonchev–Trinajstić information content (AvgIpc) is 2.76. The fourth-order valence-corrected chi connectivity index (χ4v) is 2.15. The maximum atomic E-state index is 13.7. The summed E-state index contributed by atoms with van der Waals surface area (Å²) in [6, 6.07) is 3.29. The zero-order valence-electron chi connectivity index (χ0n) is 10.3.